The molecule has 0 saturated carbocycles. The third kappa shape index (κ3) is 4.94. The summed E-state index contributed by atoms with van der Waals surface area (Å²) in [5.74, 6) is 1.71. The minimum Gasteiger partial charge on any atom is -0.399 e. The second kappa shape index (κ2) is 9.18. The van der Waals surface area contributed by atoms with Crippen molar-refractivity contribution in [3.05, 3.63) is 76.4 Å². The maximum absolute atomic E-state index is 13.8. The zero-order valence-corrected chi connectivity index (χ0v) is 17.5. The molecule has 0 unspecified atom stereocenters. The Morgan fingerprint density at radius 1 is 1.22 bits per heavy atom. The molecule has 32 heavy (non-hydrogen) atoms. The van der Waals surface area contributed by atoms with Gasteiger partial charge in [0.15, 0.2) is 0 Å². The van der Waals surface area contributed by atoms with Gasteiger partial charge >= 0.3 is 6.03 Å². The monoisotopic (exact) mass is 448 g/mol. The number of hydrogen-bond donors (Lipinski definition) is 3. The average molecular weight is 448 g/mol. The Bertz CT molecular complexity index is 1070. The highest BCUT2D eigenvalue weighted by molar-refractivity contribution is 5.99. The average Bonchev–Trinajstić information content (AvgIpc) is 2.69. The van der Waals surface area contributed by atoms with Crippen LogP contribution < -0.4 is 21.8 Å². The van der Waals surface area contributed by atoms with E-state index in [2.05, 4.69) is 5.32 Å². The molecule has 11 heteroatoms. The summed E-state index contributed by atoms with van der Waals surface area (Å²) in [6.07, 6.45) is 1.46. The minimum absolute atomic E-state index is 0.0365. The van der Waals surface area contributed by atoms with Crippen molar-refractivity contribution in [2.24, 2.45) is 11.6 Å². The van der Waals surface area contributed by atoms with Gasteiger partial charge in [0, 0.05) is 62.3 Å². The molecule has 1 aliphatic heterocycles. The highest BCUT2D eigenvalue weighted by Crippen LogP contribution is 2.29. The van der Waals surface area contributed by atoms with E-state index in [-0.39, 0.29) is 18.1 Å². The van der Waals surface area contributed by atoms with E-state index in [1.54, 1.807) is 26.2 Å². The molecule has 0 bridgehead atoms. The van der Waals surface area contributed by atoms with Crippen molar-refractivity contribution in [2.45, 2.75) is 13.1 Å². The van der Waals surface area contributed by atoms with Gasteiger partial charge in [0.2, 0.25) is 0 Å². The molecule has 0 aliphatic carbocycles. The molecule has 170 valence electrons. The predicted molar refractivity (Wildman–Crippen MR) is 112 cm³/mol. The third-order valence-corrected chi connectivity index (χ3v) is 4.84. The van der Waals surface area contributed by atoms with E-state index in [4.69, 9.17) is 11.6 Å². The van der Waals surface area contributed by atoms with Crippen LogP contribution in [0.3, 0.4) is 0 Å². The number of nitrogens with two attached hydrogens (primary N) is 2. The van der Waals surface area contributed by atoms with Crippen LogP contribution in [-0.2, 0) is 13.1 Å². The number of fused-ring (bicyclic) bond motifs is 1. The number of hydrazine groups is 1. The molecule has 0 radical (unpaired) electrons. The van der Waals surface area contributed by atoms with E-state index in [0.29, 0.717) is 30.1 Å². The second-order valence-corrected chi connectivity index (χ2v) is 7.47. The van der Waals surface area contributed by atoms with E-state index in [1.807, 2.05) is 0 Å². The van der Waals surface area contributed by atoms with Gasteiger partial charge in [0.25, 0.3) is 5.91 Å². The second-order valence-electron chi connectivity index (χ2n) is 7.47. The van der Waals surface area contributed by atoms with Crippen LogP contribution in [-0.4, -0.2) is 42.5 Å². The fourth-order valence-electron chi connectivity index (χ4n) is 3.37. The molecule has 1 heterocycles. The molecule has 5 N–H and O–H groups in total. The number of nitrogens with one attached hydrogen (secondary N) is 1. The first-order chi connectivity index (χ1) is 15.1. The van der Waals surface area contributed by atoms with Crippen molar-refractivity contribution in [3.63, 3.8) is 0 Å². The van der Waals surface area contributed by atoms with Gasteiger partial charge in [-0.1, -0.05) is 6.07 Å². The molecule has 3 amide bonds. The van der Waals surface area contributed by atoms with Crippen molar-refractivity contribution < 1.29 is 22.8 Å². The molecule has 2 aromatic rings. The molecule has 0 fully saturated rings. The summed E-state index contributed by atoms with van der Waals surface area (Å²) < 4.78 is 40.7. The molecular formula is C21H23F3N6O2. The summed E-state index contributed by atoms with van der Waals surface area (Å²) in [6, 6.07) is 5.50. The van der Waals surface area contributed by atoms with Gasteiger partial charge in [-0.3, -0.25) is 9.69 Å². The predicted octanol–water partition coefficient (Wildman–Crippen LogP) is 2.01. The third-order valence-electron chi connectivity index (χ3n) is 4.84. The van der Waals surface area contributed by atoms with Gasteiger partial charge < -0.3 is 21.0 Å². The molecule has 0 atom stereocenters. The number of urea groups is 1. The first-order valence-electron chi connectivity index (χ1n) is 9.57. The van der Waals surface area contributed by atoms with Crippen LogP contribution in [0.4, 0.5) is 23.7 Å². The quantitative estimate of drug-likeness (QED) is 0.463. The summed E-state index contributed by atoms with van der Waals surface area (Å²) in [5, 5.41) is 3.67. The number of halogens is 3. The lowest BCUT2D eigenvalue weighted by Crippen LogP contribution is -2.47. The summed E-state index contributed by atoms with van der Waals surface area (Å²) in [7, 11) is 3.22. The number of carbonyl (C=O) groups is 2. The maximum atomic E-state index is 13.8. The Hall–Kier alpha value is -3.73. The van der Waals surface area contributed by atoms with E-state index >= 15 is 0 Å². The molecule has 0 saturated heterocycles. The van der Waals surface area contributed by atoms with Crippen molar-refractivity contribution >= 4 is 17.6 Å². The fourth-order valence-corrected chi connectivity index (χ4v) is 3.37. The number of rotatable bonds is 6. The van der Waals surface area contributed by atoms with Crippen molar-refractivity contribution in [1.82, 2.24) is 15.2 Å². The van der Waals surface area contributed by atoms with E-state index in [9.17, 15) is 22.8 Å². The minimum atomic E-state index is -1.10. The summed E-state index contributed by atoms with van der Waals surface area (Å²) in [4.78, 5) is 28.2. The van der Waals surface area contributed by atoms with Gasteiger partial charge in [-0.2, -0.15) is 0 Å². The highest BCUT2D eigenvalue weighted by Gasteiger charge is 2.29. The molecule has 8 nitrogen and oxygen atoms in total. The molecular weight excluding hydrogens is 425 g/mol. The summed E-state index contributed by atoms with van der Waals surface area (Å²) >= 11 is 0. The van der Waals surface area contributed by atoms with Crippen LogP contribution in [0.5, 0.6) is 0 Å². The van der Waals surface area contributed by atoms with E-state index in [0.717, 1.165) is 5.56 Å². The van der Waals surface area contributed by atoms with Crippen LogP contribution in [0.15, 0.2) is 42.2 Å². The standard InChI is InChI=1S/C21H23F3N6O2/c1-28-9-13-4-3-12(5-19(13)30(21(28)32)11-15(25)10-29(2)26)20(31)27-8-16-17(23)6-14(22)7-18(16)24/h3-7,10H,8-9,11,25-26H2,1-2H3,(H,27,31)/b15-10-. The molecule has 0 spiro atoms. The van der Waals surface area contributed by atoms with E-state index < -0.39 is 35.5 Å². The van der Waals surface area contributed by atoms with Crippen LogP contribution in [0.1, 0.15) is 21.5 Å². The van der Waals surface area contributed by atoms with Gasteiger partial charge in [-0.25, -0.2) is 23.8 Å². The molecule has 0 aromatic heterocycles. The molecule has 2 aromatic carbocycles. The van der Waals surface area contributed by atoms with Crippen LogP contribution in [0, 0.1) is 17.5 Å². The van der Waals surface area contributed by atoms with Gasteiger partial charge in [0.1, 0.15) is 17.5 Å². The normalized spacial score (nSPS) is 13.8. The lowest BCUT2D eigenvalue weighted by Gasteiger charge is -2.35. The maximum Gasteiger partial charge on any atom is 0.324 e. The smallest absolute Gasteiger partial charge is 0.324 e. The number of carbonyl (C=O) groups excluding carboxylic acids is 2. The van der Waals surface area contributed by atoms with Crippen LogP contribution in [0.25, 0.3) is 0 Å². The fraction of sp³-hybridized carbons (Fsp3) is 0.238. The Morgan fingerprint density at radius 3 is 2.50 bits per heavy atom. The first-order valence-corrected chi connectivity index (χ1v) is 9.57. The molecule has 3 rings (SSSR count). The zero-order chi connectivity index (χ0) is 23.6. The SMILES string of the molecule is CN(N)/C=C(\N)CN1C(=O)N(C)Cc2ccc(C(=O)NCc3c(F)cc(F)cc3F)cc21. The highest BCUT2D eigenvalue weighted by atomic mass is 19.1. The first kappa shape index (κ1) is 22.9. The lowest BCUT2D eigenvalue weighted by atomic mass is 10.0. The topological polar surface area (TPSA) is 108 Å². The van der Waals surface area contributed by atoms with Crippen molar-refractivity contribution in [2.75, 3.05) is 25.5 Å². The largest absolute Gasteiger partial charge is 0.399 e. The van der Waals surface area contributed by atoms with Crippen LogP contribution in [0.2, 0.25) is 0 Å². The summed E-state index contributed by atoms with van der Waals surface area (Å²) in [5.41, 5.74) is 7.27. The van der Waals surface area contributed by atoms with Gasteiger partial charge in [-0.15, -0.1) is 0 Å². The number of anilines is 1. The zero-order valence-electron chi connectivity index (χ0n) is 17.5. The summed E-state index contributed by atoms with van der Waals surface area (Å²) in [6.45, 7) is -0.106. The Balaban J connectivity index is 1.84. The number of nitrogens with zero attached hydrogens (tertiary/aromatic N) is 3. The lowest BCUT2D eigenvalue weighted by molar-refractivity contribution is 0.0950. The number of hydrogen-bond acceptors (Lipinski definition) is 5. The van der Waals surface area contributed by atoms with Gasteiger partial charge in [-0.05, 0) is 17.7 Å². The van der Waals surface area contributed by atoms with Gasteiger partial charge in [0.05, 0.1) is 12.2 Å². The Labute approximate surface area is 182 Å². The number of amides is 3. The Kier molecular flexibility index (Phi) is 6.58. The van der Waals surface area contributed by atoms with Crippen molar-refractivity contribution in [1.29, 1.82) is 0 Å². The molecule has 1 aliphatic rings. The van der Waals surface area contributed by atoms with Crippen molar-refractivity contribution in [3.8, 4) is 0 Å². The number of benzene rings is 2. The van der Waals surface area contributed by atoms with E-state index in [1.165, 1.54) is 27.1 Å². The van der Waals surface area contributed by atoms with Crippen LogP contribution >= 0.6 is 0 Å². The Morgan fingerprint density at radius 2 is 1.88 bits per heavy atom.